The van der Waals surface area contributed by atoms with Crippen molar-refractivity contribution in [2.24, 2.45) is 22.7 Å². The van der Waals surface area contributed by atoms with Crippen molar-refractivity contribution in [1.29, 1.82) is 0 Å². The Morgan fingerprint density at radius 2 is 1.71 bits per heavy atom. The average molecular weight is 323 g/mol. The molecule has 5 rings (SSSR count). The third-order valence-electron chi connectivity index (χ3n) is 6.39. The molecule has 4 fully saturated rings. The maximum Gasteiger partial charge on any atom is 0.0433 e. The Morgan fingerprint density at radius 1 is 1.10 bits per heavy atom. The van der Waals surface area contributed by atoms with E-state index in [2.05, 4.69) is 19.1 Å². The molecule has 0 radical (unpaired) electrons. The van der Waals surface area contributed by atoms with Crippen molar-refractivity contribution in [3.63, 3.8) is 0 Å². The predicted molar refractivity (Wildman–Crippen MR) is 90.0 cm³/mol. The molecule has 0 amide bonds. The standard InChI is InChI=1S/C19H24Cl2/c1-18-8-14-6-15(9-18)11-19(10-14,12-18)17(21)7-13-2-4-16(20)5-3-13/h2-5,14-15,17H,6-12H2,1H3. The van der Waals surface area contributed by atoms with E-state index in [0.29, 0.717) is 10.8 Å². The summed E-state index contributed by atoms with van der Waals surface area (Å²) in [7, 11) is 0. The Kier molecular flexibility index (Phi) is 3.36. The monoisotopic (exact) mass is 322 g/mol. The lowest BCUT2D eigenvalue weighted by molar-refractivity contribution is -0.103. The topological polar surface area (TPSA) is 0 Å². The fourth-order valence-corrected chi connectivity index (χ4v) is 6.77. The Labute approximate surface area is 138 Å². The third kappa shape index (κ3) is 2.53. The van der Waals surface area contributed by atoms with E-state index in [1.54, 1.807) is 0 Å². The minimum Gasteiger partial charge on any atom is -0.122 e. The predicted octanol–water partition coefficient (Wildman–Crippen LogP) is 6.10. The van der Waals surface area contributed by atoms with Crippen molar-refractivity contribution in [1.82, 2.24) is 0 Å². The van der Waals surface area contributed by atoms with Crippen LogP contribution in [0.25, 0.3) is 0 Å². The molecule has 0 aliphatic heterocycles. The molecule has 1 aromatic rings. The molecule has 4 aliphatic rings. The van der Waals surface area contributed by atoms with Gasteiger partial charge in [-0.3, -0.25) is 0 Å². The largest absolute Gasteiger partial charge is 0.122 e. The van der Waals surface area contributed by atoms with Crippen LogP contribution in [-0.4, -0.2) is 5.38 Å². The summed E-state index contributed by atoms with van der Waals surface area (Å²) in [5.74, 6) is 1.89. The third-order valence-corrected chi connectivity index (χ3v) is 7.26. The zero-order valence-corrected chi connectivity index (χ0v) is 14.3. The Morgan fingerprint density at radius 3 is 2.29 bits per heavy atom. The quantitative estimate of drug-likeness (QED) is 0.590. The van der Waals surface area contributed by atoms with E-state index in [1.807, 2.05) is 12.1 Å². The molecule has 4 aliphatic carbocycles. The molecular weight excluding hydrogens is 299 g/mol. The Balaban J connectivity index is 1.56. The minimum absolute atomic E-state index is 0.281. The first-order valence-electron chi connectivity index (χ1n) is 8.35. The second kappa shape index (κ2) is 4.90. The van der Waals surface area contributed by atoms with Gasteiger partial charge in [0.15, 0.2) is 0 Å². The van der Waals surface area contributed by atoms with Gasteiger partial charge in [0.05, 0.1) is 0 Å². The van der Waals surface area contributed by atoms with Gasteiger partial charge in [-0.2, -0.15) is 0 Å². The molecule has 21 heavy (non-hydrogen) atoms. The van der Waals surface area contributed by atoms with E-state index in [4.69, 9.17) is 23.2 Å². The van der Waals surface area contributed by atoms with Crippen molar-refractivity contribution in [3.8, 4) is 0 Å². The second-order valence-corrected chi connectivity index (χ2v) is 9.40. The zero-order valence-electron chi connectivity index (χ0n) is 12.7. The van der Waals surface area contributed by atoms with Crippen LogP contribution in [0.4, 0.5) is 0 Å². The fraction of sp³-hybridized carbons (Fsp3) is 0.684. The summed E-state index contributed by atoms with van der Waals surface area (Å²) >= 11 is 13.0. The summed E-state index contributed by atoms with van der Waals surface area (Å²) in [5, 5.41) is 1.09. The van der Waals surface area contributed by atoms with Gasteiger partial charge in [-0.05, 0) is 85.3 Å². The highest BCUT2D eigenvalue weighted by Gasteiger charge is 2.57. The summed E-state index contributed by atoms with van der Waals surface area (Å²) in [6, 6.07) is 8.25. The number of hydrogen-bond acceptors (Lipinski definition) is 0. The van der Waals surface area contributed by atoms with E-state index in [1.165, 1.54) is 44.1 Å². The van der Waals surface area contributed by atoms with Gasteiger partial charge in [0, 0.05) is 10.4 Å². The summed E-state index contributed by atoms with van der Waals surface area (Å²) in [6.45, 7) is 2.52. The molecule has 4 bridgehead atoms. The number of halogens is 2. The fourth-order valence-electron chi connectivity index (χ4n) is 6.21. The van der Waals surface area contributed by atoms with Crippen LogP contribution < -0.4 is 0 Å². The van der Waals surface area contributed by atoms with Gasteiger partial charge < -0.3 is 0 Å². The SMILES string of the molecule is CC12CC3CC(C1)CC(C(Cl)Cc1ccc(Cl)cc1)(C3)C2. The van der Waals surface area contributed by atoms with Gasteiger partial charge in [-0.1, -0.05) is 30.7 Å². The van der Waals surface area contributed by atoms with Gasteiger partial charge in [-0.25, -0.2) is 0 Å². The molecule has 114 valence electrons. The van der Waals surface area contributed by atoms with Gasteiger partial charge in [-0.15, -0.1) is 11.6 Å². The molecule has 4 saturated carbocycles. The van der Waals surface area contributed by atoms with Crippen molar-refractivity contribution in [2.75, 3.05) is 0 Å². The molecule has 0 spiro atoms. The molecule has 3 atom stereocenters. The molecule has 2 heteroatoms. The molecule has 0 saturated heterocycles. The van der Waals surface area contributed by atoms with E-state index in [-0.39, 0.29) is 5.38 Å². The Bertz CT molecular complexity index is 519. The average Bonchev–Trinajstić information content (AvgIpc) is 2.38. The summed E-state index contributed by atoms with van der Waals surface area (Å²) in [4.78, 5) is 0. The molecule has 0 N–H and O–H groups in total. The van der Waals surface area contributed by atoms with Crippen LogP contribution in [0.15, 0.2) is 24.3 Å². The van der Waals surface area contributed by atoms with Crippen molar-refractivity contribution in [2.45, 2.75) is 57.2 Å². The number of benzene rings is 1. The normalized spacial score (nSPS) is 42.2. The first-order valence-corrected chi connectivity index (χ1v) is 9.16. The first kappa shape index (κ1) is 14.4. The van der Waals surface area contributed by atoms with E-state index in [0.717, 1.165) is 23.3 Å². The van der Waals surface area contributed by atoms with Crippen LogP contribution in [0.3, 0.4) is 0 Å². The van der Waals surface area contributed by atoms with Crippen molar-refractivity contribution < 1.29 is 0 Å². The summed E-state index contributed by atoms with van der Waals surface area (Å²) in [6.07, 6.45) is 9.48. The van der Waals surface area contributed by atoms with Gasteiger partial charge in [0.2, 0.25) is 0 Å². The van der Waals surface area contributed by atoms with Crippen LogP contribution in [0.5, 0.6) is 0 Å². The van der Waals surface area contributed by atoms with Crippen LogP contribution in [0.1, 0.15) is 51.0 Å². The van der Waals surface area contributed by atoms with E-state index in [9.17, 15) is 0 Å². The molecule has 0 heterocycles. The lowest BCUT2D eigenvalue weighted by atomic mass is 9.44. The summed E-state index contributed by atoms with van der Waals surface area (Å²) in [5.41, 5.74) is 2.32. The van der Waals surface area contributed by atoms with Crippen LogP contribution >= 0.6 is 23.2 Å². The van der Waals surface area contributed by atoms with Gasteiger partial charge in [0.25, 0.3) is 0 Å². The van der Waals surface area contributed by atoms with Crippen molar-refractivity contribution >= 4 is 23.2 Å². The number of alkyl halides is 1. The lowest BCUT2D eigenvalue weighted by Gasteiger charge is -2.62. The second-order valence-electron chi connectivity index (χ2n) is 8.43. The van der Waals surface area contributed by atoms with E-state index < -0.39 is 0 Å². The number of hydrogen-bond donors (Lipinski definition) is 0. The lowest BCUT2D eigenvalue weighted by Crippen LogP contribution is -2.54. The Hall–Kier alpha value is -0.200. The highest BCUT2D eigenvalue weighted by molar-refractivity contribution is 6.30. The number of rotatable bonds is 3. The van der Waals surface area contributed by atoms with E-state index >= 15 is 0 Å². The first-order chi connectivity index (χ1) is 9.96. The summed E-state index contributed by atoms with van der Waals surface area (Å²) < 4.78 is 0. The molecule has 0 aromatic heterocycles. The molecule has 1 aromatic carbocycles. The van der Waals surface area contributed by atoms with Crippen LogP contribution in [-0.2, 0) is 6.42 Å². The van der Waals surface area contributed by atoms with Crippen LogP contribution in [0, 0.1) is 22.7 Å². The van der Waals surface area contributed by atoms with Gasteiger partial charge >= 0.3 is 0 Å². The maximum absolute atomic E-state index is 7.00. The smallest absolute Gasteiger partial charge is 0.0433 e. The zero-order chi connectivity index (χ0) is 14.7. The molecule has 3 unspecified atom stereocenters. The molecular formula is C19H24Cl2. The van der Waals surface area contributed by atoms with Crippen molar-refractivity contribution in [3.05, 3.63) is 34.9 Å². The highest BCUT2D eigenvalue weighted by Crippen LogP contribution is 2.67. The van der Waals surface area contributed by atoms with Crippen LogP contribution in [0.2, 0.25) is 5.02 Å². The minimum atomic E-state index is 0.281. The van der Waals surface area contributed by atoms with Gasteiger partial charge in [0.1, 0.15) is 0 Å². The molecule has 0 nitrogen and oxygen atoms in total. The highest BCUT2D eigenvalue weighted by atomic mass is 35.5. The maximum atomic E-state index is 7.00.